The summed E-state index contributed by atoms with van der Waals surface area (Å²) in [4.78, 5) is 11.2. The largest absolute Gasteiger partial charge is 0.481 e. The number of carboxylic acids is 1. The van der Waals surface area contributed by atoms with Gasteiger partial charge in [0.15, 0.2) is 0 Å². The molecule has 18 heavy (non-hydrogen) atoms. The first-order chi connectivity index (χ1) is 8.50. The van der Waals surface area contributed by atoms with Crippen LogP contribution in [0.4, 0.5) is 5.82 Å². The second kappa shape index (κ2) is 4.33. The molecule has 0 bridgehead atoms. The van der Waals surface area contributed by atoms with Crippen molar-refractivity contribution in [3.05, 3.63) is 11.3 Å². The zero-order valence-corrected chi connectivity index (χ0v) is 10.5. The maximum absolute atomic E-state index is 11.2. The van der Waals surface area contributed by atoms with Crippen molar-refractivity contribution >= 4 is 11.8 Å². The number of nitrogens with one attached hydrogen (secondary N) is 1. The third-order valence-electron chi connectivity index (χ3n) is 3.69. The standard InChI is InChI=1S/C12H16N4O2/c1-8-9(6-13)10(16(2)15-8)14-7-12(11(17)18)4-3-5-12/h14H,3-5,7H2,1-2H3,(H,17,18). The molecule has 2 N–H and O–H groups in total. The van der Waals surface area contributed by atoms with E-state index in [1.54, 1.807) is 18.7 Å². The van der Waals surface area contributed by atoms with Crippen LogP contribution in [0.25, 0.3) is 0 Å². The fourth-order valence-corrected chi connectivity index (χ4v) is 2.32. The van der Waals surface area contributed by atoms with Gasteiger partial charge in [0.1, 0.15) is 17.5 Å². The van der Waals surface area contributed by atoms with Gasteiger partial charge in [-0.25, -0.2) is 0 Å². The SMILES string of the molecule is Cc1nn(C)c(NCC2(C(=O)O)CCC2)c1C#N. The number of carbonyl (C=O) groups is 1. The van der Waals surface area contributed by atoms with E-state index in [1.807, 2.05) is 0 Å². The molecule has 0 aliphatic heterocycles. The lowest BCUT2D eigenvalue weighted by atomic mass is 9.69. The molecule has 1 aromatic rings. The quantitative estimate of drug-likeness (QED) is 0.837. The molecule has 2 rings (SSSR count). The Morgan fingerprint density at radius 1 is 1.67 bits per heavy atom. The number of hydrogen-bond acceptors (Lipinski definition) is 4. The summed E-state index contributed by atoms with van der Waals surface area (Å²) < 4.78 is 1.59. The van der Waals surface area contributed by atoms with E-state index in [-0.39, 0.29) is 0 Å². The highest BCUT2D eigenvalue weighted by atomic mass is 16.4. The van der Waals surface area contributed by atoms with Crippen LogP contribution in [-0.2, 0) is 11.8 Å². The molecule has 0 unspecified atom stereocenters. The average molecular weight is 248 g/mol. The molecule has 0 spiro atoms. The van der Waals surface area contributed by atoms with E-state index < -0.39 is 11.4 Å². The van der Waals surface area contributed by atoms with Gasteiger partial charge in [-0.3, -0.25) is 9.48 Å². The molecular weight excluding hydrogens is 232 g/mol. The van der Waals surface area contributed by atoms with Crippen molar-refractivity contribution in [1.29, 1.82) is 5.26 Å². The molecule has 1 aliphatic carbocycles. The average Bonchev–Trinajstić information content (AvgIpc) is 2.51. The van der Waals surface area contributed by atoms with Gasteiger partial charge in [-0.1, -0.05) is 6.42 Å². The van der Waals surface area contributed by atoms with Gasteiger partial charge in [0.25, 0.3) is 0 Å². The van der Waals surface area contributed by atoms with Crippen LogP contribution in [-0.4, -0.2) is 27.4 Å². The third-order valence-corrected chi connectivity index (χ3v) is 3.69. The summed E-state index contributed by atoms with van der Waals surface area (Å²) in [5.74, 6) is -0.166. The lowest BCUT2D eigenvalue weighted by Crippen LogP contribution is -2.44. The Kier molecular flexibility index (Phi) is 2.99. The molecule has 6 heteroatoms. The van der Waals surface area contributed by atoms with Crippen molar-refractivity contribution in [3.8, 4) is 6.07 Å². The van der Waals surface area contributed by atoms with E-state index in [0.29, 0.717) is 36.5 Å². The summed E-state index contributed by atoms with van der Waals surface area (Å²) in [5.41, 5.74) is 0.461. The van der Waals surface area contributed by atoms with E-state index in [4.69, 9.17) is 5.26 Å². The number of hydrogen-bond donors (Lipinski definition) is 2. The molecular formula is C12H16N4O2. The molecule has 0 amide bonds. The van der Waals surface area contributed by atoms with Crippen LogP contribution in [0.1, 0.15) is 30.5 Å². The van der Waals surface area contributed by atoms with E-state index >= 15 is 0 Å². The zero-order valence-electron chi connectivity index (χ0n) is 10.5. The van der Waals surface area contributed by atoms with Crippen LogP contribution in [0, 0.1) is 23.7 Å². The molecule has 0 radical (unpaired) electrons. The van der Waals surface area contributed by atoms with Crippen LogP contribution >= 0.6 is 0 Å². The Labute approximate surface area is 105 Å². The Balaban J connectivity index is 2.16. The smallest absolute Gasteiger partial charge is 0.311 e. The van der Waals surface area contributed by atoms with E-state index in [2.05, 4.69) is 16.5 Å². The number of aromatic nitrogens is 2. The summed E-state index contributed by atoms with van der Waals surface area (Å²) >= 11 is 0. The highest BCUT2D eigenvalue weighted by Crippen LogP contribution is 2.41. The summed E-state index contributed by atoms with van der Waals surface area (Å²) in [6.45, 7) is 2.11. The molecule has 6 nitrogen and oxygen atoms in total. The second-order valence-corrected chi connectivity index (χ2v) is 4.84. The fourth-order valence-electron chi connectivity index (χ4n) is 2.32. The van der Waals surface area contributed by atoms with Crippen molar-refractivity contribution in [2.75, 3.05) is 11.9 Å². The summed E-state index contributed by atoms with van der Waals surface area (Å²) in [6, 6.07) is 2.09. The lowest BCUT2D eigenvalue weighted by molar-refractivity contribution is -0.153. The van der Waals surface area contributed by atoms with Crippen LogP contribution in [0.15, 0.2) is 0 Å². The number of aliphatic carboxylic acids is 1. The van der Waals surface area contributed by atoms with Gasteiger partial charge in [-0.05, 0) is 19.8 Å². The monoisotopic (exact) mass is 248 g/mol. The number of rotatable bonds is 4. The van der Waals surface area contributed by atoms with Gasteiger partial charge in [0.2, 0.25) is 0 Å². The van der Waals surface area contributed by atoms with Gasteiger partial charge in [-0.2, -0.15) is 10.4 Å². The second-order valence-electron chi connectivity index (χ2n) is 4.84. The molecule has 1 fully saturated rings. The Bertz CT molecular complexity index is 523. The van der Waals surface area contributed by atoms with Crippen LogP contribution in [0.3, 0.4) is 0 Å². The predicted octanol–water partition coefficient (Wildman–Crippen LogP) is 1.27. The normalized spacial score (nSPS) is 16.7. The number of carboxylic acid groups (broad SMARTS) is 1. The Hall–Kier alpha value is -2.03. The van der Waals surface area contributed by atoms with Gasteiger partial charge in [0.05, 0.1) is 11.1 Å². The van der Waals surface area contributed by atoms with Crippen molar-refractivity contribution in [1.82, 2.24) is 9.78 Å². The molecule has 1 heterocycles. The van der Waals surface area contributed by atoms with Crippen LogP contribution in [0.5, 0.6) is 0 Å². The molecule has 1 saturated carbocycles. The minimum atomic E-state index is -0.765. The minimum absolute atomic E-state index is 0.343. The lowest BCUT2D eigenvalue weighted by Gasteiger charge is -2.37. The van der Waals surface area contributed by atoms with E-state index in [1.165, 1.54) is 0 Å². The number of aryl methyl sites for hydroxylation is 2. The molecule has 1 aliphatic rings. The third kappa shape index (κ3) is 1.82. The van der Waals surface area contributed by atoms with Crippen molar-refractivity contribution in [2.45, 2.75) is 26.2 Å². The first kappa shape index (κ1) is 12.4. The van der Waals surface area contributed by atoms with Crippen molar-refractivity contribution in [2.24, 2.45) is 12.5 Å². The van der Waals surface area contributed by atoms with Gasteiger partial charge in [0, 0.05) is 13.6 Å². The van der Waals surface area contributed by atoms with E-state index in [0.717, 1.165) is 6.42 Å². The van der Waals surface area contributed by atoms with Crippen molar-refractivity contribution in [3.63, 3.8) is 0 Å². The molecule has 1 aromatic heterocycles. The first-order valence-electron chi connectivity index (χ1n) is 5.91. The maximum Gasteiger partial charge on any atom is 0.311 e. The molecule has 0 saturated heterocycles. The fraction of sp³-hybridized carbons (Fsp3) is 0.583. The van der Waals surface area contributed by atoms with Gasteiger partial charge in [-0.15, -0.1) is 0 Å². The Morgan fingerprint density at radius 2 is 2.33 bits per heavy atom. The highest BCUT2D eigenvalue weighted by molar-refractivity contribution is 5.76. The predicted molar refractivity (Wildman–Crippen MR) is 65.1 cm³/mol. The summed E-state index contributed by atoms with van der Waals surface area (Å²) in [6.07, 6.45) is 2.33. The Morgan fingerprint density at radius 3 is 2.78 bits per heavy atom. The van der Waals surface area contributed by atoms with E-state index in [9.17, 15) is 9.90 Å². The van der Waals surface area contributed by atoms with Crippen LogP contribution < -0.4 is 5.32 Å². The highest BCUT2D eigenvalue weighted by Gasteiger charge is 2.44. The topological polar surface area (TPSA) is 90.9 Å². The van der Waals surface area contributed by atoms with Crippen LogP contribution in [0.2, 0.25) is 0 Å². The minimum Gasteiger partial charge on any atom is -0.481 e. The summed E-state index contributed by atoms with van der Waals surface area (Å²) in [5, 5.41) is 25.5. The number of nitriles is 1. The molecule has 0 atom stereocenters. The maximum atomic E-state index is 11.2. The summed E-state index contributed by atoms with van der Waals surface area (Å²) in [7, 11) is 1.74. The van der Waals surface area contributed by atoms with Gasteiger partial charge < -0.3 is 10.4 Å². The molecule has 0 aromatic carbocycles. The van der Waals surface area contributed by atoms with Crippen molar-refractivity contribution < 1.29 is 9.90 Å². The first-order valence-corrected chi connectivity index (χ1v) is 5.91. The number of anilines is 1. The van der Waals surface area contributed by atoms with Gasteiger partial charge >= 0.3 is 5.97 Å². The number of nitrogens with zero attached hydrogens (tertiary/aromatic N) is 3. The zero-order chi connectivity index (χ0) is 13.3. The molecule has 96 valence electrons.